The van der Waals surface area contributed by atoms with Gasteiger partial charge in [-0.15, -0.1) is 0 Å². The standard InChI is InChI=1S/C16H25NO/c1-13(9-16-7-5-4-6-8-16)10-17-11-14(2)18-15(3)12-17/h4-8,13-15H,9-12H2,1-3H3/t13?,14-,15?/m0/s1. The molecule has 18 heavy (non-hydrogen) atoms. The Kier molecular flexibility index (Phi) is 4.79. The van der Waals surface area contributed by atoms with Crippen molar-refractivity contribution in [3.05, 3.63) is 35.9 Å². The molecule has 0 amide bonds. The number of hydrogen-bond donors (Lipinski definition) is 0. The van der Waals surface area contributed by atoms with Crippen LogP contribution in [-0.4, -0.2) is 36.7 Å². The summed E-state index contributed by atoms with van der Waals surface area (Å²) in [6.45, 7) is 10.0. The first-order chi connectivity index (χ1) is 8.63. The summed E-state index contributed by atoms with van der Waals surface area (Å²) in [5.74, 6) is 0.699. The molecular formula is C16H25NO. The zero-order chi connectivity index (χ0) is 13.0. The predicted octanol–water partition coefficient (Wildman–Crippen LogP) is 2.97. The zero-order valence-electron chi connectivity index (χ0n) is 11.8. The molecule has 1 aromatic rings. The Bertz CT molecular complexity index is 341. The molecule has 2 heteroatoms. The van der Waals surface area contributed by atoms with Gasteiger partial charge < -0.3 is 4.74 Å². The summed E-state index contributed by atoms with van der Waals surface area (Å²) in [4.78, 5) is 2.55. The highest BCUT2D eigenvalue weighted by Gasteiger charge is 2.23. The van der Waals surface area contributed by atoms with E-state index < -0.39 is 0 Å². The Morgan fingerprint density at radius 3 is 2.39 bits per heavy atom. The minimum atomic E-state index is 0.373. The van der Waals surface area contributed by atoms with Gasteiger partial charge in [-0.05, 0) is 31.7 Å². The third-order valence-electron chi connectivity index (χ3n) is 3.49. The van der Waals surface area contributed by atoms with E-state index in [-0.39, 0.29) is 0 Å². The third-order valence-corrected chi connectivity index (χ3v) is 3.49. The van der Waals surface area contributed by atoms with E-state index in [1.54, 1.807) is 0 Å². The average Bonchev–Trinajstić information content (AvgIpc) is 2.28. The molecule has 3 atom stereocenters. The summed E-state index contributed by atoms with van der Waals surface area (Å²) in [5, 5.41) is 0. The molecule has 1 aromatic carbocycles. The van der Waals surface area contributed by atoms with Gasteiger partial charge in [-0.2, -0.15) is 0 Å². The number of hydrogen-bond acceptors (Lipinski definition) is 2. The van der Waals surface area contributed by atoms with Gasteiger partial charge in [0.2, 0.25) is 0 Å². The molecule has 0 spiro atoms. The van der Waals surface area contributed by atoms with Crippen LogP contribution in [0.3, 0.4) is 0 Å². The Morgan fingerprint density at radius 1 is 1.17 bits per heavy atom. The van der Waals surface area contributed by atoms with Crippen LogP contribution in [-0.2, 0) is 11.2 Å². The van der Waals surface area contributed by atoms with Crippen molar-refractivity contribution in [3.63, 3.8) is 0 Å². The summed E-state index contributed by atoms with van der Waals surface area (Å²) in [6, 6.07) is 10.8. The van der Waals surface area contributed by atoms with Gasteiger partial charge in [-0.1, -0.05) is 37.3 Å². The Labute approximate surface area is 111 Å². The SMILES string of the molecule is CC(Cc1ccccc1)CN1CC(C)O[C@@H](C)C1. The van der Waals surface area contributed by atoms with Crippen LogP contribution < -0.4 is 0 Å². The minimum Gasteiger partial charge on any atom is -0.373 e. The molecular weight excluding hydrogens is 222 g/mol. The van der Waals surface area contributed by atoms with Crippen LogP contribution in [0.5, 0.6) is 0 Å². The van der Waals surface area contributed by atoms with Crippen molar-refractivity contribution in [2.24, 2.45) is 5.92 Å². The van der Waals surface area contributed by atoms with E-state index in [2.05, 4.69) is 56.0 Å². The molecule has 0 saturated carbocycles. The van der Waals surface area contributed by atoms with Crippen LogP contribution in [0.25, 0.3) is 0 Å². The summed E-state index contributed by atoms with van der Waals surface area (Å²) < 4.78 is 5.77. The van der Waals surface area contributed by atoms with Crippen LogP contribution >= 0.6 is 0 Å². The van der Waals surface area contributed by atoms with Crippen LogP contribution in [0.2, 0.25) is 0 Å². The number of morpholine rings is 1. The fourth-order valence-corrected chi connectivity index (χ4v) is 2.96. The maximum atomic E-state index is 5.77. The zero-order valence-corrected chi connectivity index (χ0v) is 11.8. The van der Waals surface area contributed by atoms with Gasteiger partial charge in [-0.3, -0.25) is 4.90 Å². The molecule has 1 fully saturated rings. The smallest absolute Gasteiger partial charge is 0.0678 e. The van der Waals surface area contributed by atoms with Crippen LogP contribution in [0, 0.1) is 5.92 Å². The molecule has 100 valence electrons. The Morgan fingerprint density at radius 2 is 1.78 bits per heavy atom. The first-order valence-corrected chi connectivity index (χ1v) is 7.05. The Balaban J connectivity index is 1.82. The number of nitrogens with zero attached hydrogens (tertiary/aromatic N) is 1. The van der Waals surface area contributed by atoms with Crippen LogP contribution in [0.4, 0.5) is 0 Å². The lowest BCUT2D eigenvalue weighted by Crippen LogP contribution is -2.47. The topological polar surface area (TPSA) is 12.5 Å². The van der Waals surface area contributed by atoms with Gasteiger partial charge in [0.1, 0.15) is 0 Å². The number of rotatable bonds is 4. The molecule has 2 rings (SSSR count). The van der Waals surface area contributed by atoms with Crippen molar-refractivity contribution in [2.45, 2.75) is 39.4 Å². The first kappa shape index (κ1) is 13.6. The average molecular weight is 247 g/mol. The summed E-state index contributed by atoms with van der Waals surface area (Å²) in [7, 11) is 0. The maximum absolute atomic E-state index is 5.77. The van der Waals surface area contributed by atoms with E-state index in [9.17, 15) is 0 Å². The summed E-state index contributed by atoms with van der Waals surface area (Å²) in [5.41, 5.74) is 1.44. The van der Waals surface area contributed by atoms with E-state index >= 15 is 0 Å². The first-order valence-electron chi connectivity index (χ1n) is 7.05. The van der Waals surface area contributed by atoms with Gasteiger partial charge in [-0.25, -0.2) is 0 Å². The van der Waals surface area contributed by atoms with Crippen molar-refractivity contribution in [3.8, 4) is 0 Å². The van der Waals surface area contributed by atoms with Gasteiger partial charge in [0, 0.05) is 19.6 Å². The van der Waals surface area contributed by atoms with Gasteiger partial charge >= 0.3 is 0 Å². The van der Waals surface area contributed by atoms with E-state index in [1.165, 1.54) is 18.5 Å². The second-order valence-corrected chi connectivity index (χ2v) is 5.77. The molecule has 0 aliphatic carbocycles. The molecule has 1 aliphatic rings. The van der Waals surface area contributed by atoms with Crippen molar-refractivity contribution in [2.75, 3.05) is 19.6 Å². The summed E-state index contributed by atoms with van der Waals surface area (Å²) in [6.07, 6.45) is 1.91. The highest BCUT2D eigenvalue weighted by molar-refractivity contribution is 5.15. The van der Waals surface area contributed by atoms with E-state index in [4.69, 9.17) is 4.74 Å². The van der Waals surface area contributed by atoms with Crippen molar-refractivity contribution >= 4 is 0 Å². The monoisotopic (exact) mass is 247 g/mol. The van der Waals surface area contributed by atoms with Gasteiger partial charge in [0.05, 0.1) is 12.2 Å². The van der Waals surface area contributed by atoms with Crippen molar-refractivity contribution < 1.29 is 4.74 Å². The molecule has 0 bridgehead atoms. The van der Waals surface area contributed by atoms with E-state index in [0.717, 1.165) is 13.1 Å². The molecule has 2 unspecified atom stereocenters. The lowest BCUT2D eigenvalue weighted by Gasteiger charge is -2.36. The molecule has 2 nitrogen and oxygen atoms in total. The predicted molar refractivity (Wildman–Crippen MR) is 75.8 cm³/mol. The molecule has 0 radical (unpaired) electrons. The Hall–Kier alpha value is -0.860. The minimum absolute atomic E-state index is 0.373. The number of benzene rings is 1. The molecule has 0 N–H and O–H groups in total. The largest absolute Gasteiger partial charge is 0.373 e. The lowest BCUT2D eigenvalue weighted by atomic mass is 10.00. The normalized spacial score (nSPS) is 27.1. The van der Waals surface area contributed by atoms with Gasteiger partial charge in [0.15, 0.2) is 0 Å². The second-order valence-electron chi connectivity index (χ2n) is 5.77. The fourth-order valence-electron chi connectivity index (χ4n) is 2.96. The third kappa shape index (κ3) is 4.11. The van der Waals surface area contributed by atoms with Crippen molar-refractivity contribution in [1.29, 1.82) is 0 Å². The molecule has 0 aromatic heterocycles. The molecule has 1 heterocycles. The van der Waals surface area contributed by atoms with Crippen molar-refractivity contribution in [1.82, 2.24) is 4.90 Å². The fraction of sp³-hybridized carbons (Fsp3) is 0.625. The maximum Gasteiger partial charge on any atom is 0.0678 e. The second kappa shape index (κ2) is 6.35. The summed E-state index contributed by atoms with van der Waals surface area (Å²) >= 11 is 0. The van der Waals surface area contributed by atoms with Crippen LogP contribution in [0.15, 0.2) is 30.3 Å². The van der Waals surface area contributed by atoms with Crippen LogP contribution in [0.1, 0.15) is 26.3 Å². The lowest BCUT2D eigenvalue weighted by molar-refractivity contribution is -0.0708. The highest BCUT2D eigenvalue weighted by atomic mass is 16.5. The van der Waals surface area contributed by atoms with Gasteiger partial charge in [0.25, 0.3) is 0 Å². The van der Waals surface area contributed by atoms with E-state index in [1.807, 2.05) is 0 Å². The molecule has 1 aliphatic heterocycles. The molecule has 1 saturated heterocycles. The van der Waals surface area contributed by atoms with E-state index in [0.29, 0.717) is 18.1 Å². The highest BCUT2D eigenvalue weighted by Crippen LogP contribution is 2.15. The quantitative estimate of drug-likeness (QED) is 0.811. The number of ether oxygens (including phenoxy) is 1.